The largest absolute Gasteiger partial charge is 0.472 e. The predicted molar refractivity (Wildman–Crippen MR) is 314 cm³/mol. The molecule has 1 amide bonds. The standard InChI is InChI=1S/C63H123N2O6P/c1-6-8-10-12-14-16-18-20-22-24-25-26-27-28-29-30-31-32-33-34-35-36-37-38-39-40-41-43-45-47-49-51-53-55-57-63(67)64-61(60-71-72(68,69)70-59-58-65(3,4)5)62(66)56-54-52-50-48-46-44-42-23-21-19-17-15-13-11-9-7-2/h21,23,46,48,54,56,61-62,66H,6-20,22,24-45,47,49-53,55,57-60H2,1-5H3,(H-,64,67,68,69)/p+1/b23-21+,48-46+,56-54+. The summed E-state index contributed by atoms with van der Waals surface area (Å²) < 4.78 is 23.7. The molecule has 0 aromatic rings. The van der Waals surface area contributed by atoms with Crippen LogP contribution in [0.15, 0.2) is 36.5 Å². The van der Waals surface area contributed by atoms with Crippen molar-refractivity contribution in [1.29, 1.82) is 0 Å². The summed E-state index contributed by atoms with van der Waals surface area (Å²) in [5.41, 5.74) is 0. The van der Waals surface area contributed by atoms with Crippen molar-refractivity contribution in [3.63, 3.8) is 0 Å². The number of hydrogen-bond acceptors (Lipinski definition) is 5. The molecule has 3 N–H and O–H groups in total. The van der Waals surface area contributed by atoms with Gasteiger partial charge in [0.05, 0.1) is 39.9 Å². The number of unbranched alkanes of at least 4 members (excludes halogenated alkanes) is 41. The molecule has 72 heavy (non-hydrogen) atoms. The van der Waals surface area contributed by atoms with Crippen LogP contribution in [0.2, 0.25) is 0 Å². The van der Waals surface area contributed by atoms with E-state index in [9.17, 15) is 19.4 Å². The summed E-state index contributed by atoms with van der Waals surface area (Å²) in [5.74, 6) is -0.186. The Morgan fingerprint density at radius 2 is 0.764 bits per heavy atom. The van der Waals surface area contributed by atoms with Crippen molar-refractivity contribution in [2.75, 3.05) is 40.9 Å². The molecule has 0 radical (unpaired) electrons. The van der Waals surface area contributed by atoms with Crippen molar-refractivity contribution in [3.05, 3.63) is 36.5 Å². The second-order valence-electron chi connectivity index (χ2n) is 22.8. The third kappa shape index (κ3) is 56.4. The first-order chi connectivity index (χ1) is 35.0. The van der Waals surface area contributed by atoms with Crippen molar-refractivity contribution in [2.45, 2.75) is 321 Å². The molecule has 0 bridgehead atoms. The van der Waals surface area contributed by atoms with Gasteiger partial charge in [-0.25, -0.2) is 4.57 Å². The smallest absolute Gasteiger partial charge is 0.387 e. The highest BCUT2D eigenvalue weighted by molar-refractivity contribution is 7.47. The number of phosphoric acid groups is 1. The molecule has 426 valence electrons. The van der Waals surface area contributed by atoms with Gasteiger partial charge < -0.3 is 19.8 Å². The zero-order chi connectivity index (χ0) is 52.7. The summed E-state index contributed by atoms with van der Waals surface area (Å²) in [7, 11) is 1.56. The van der Waals surface area contributed by atoms with Crippen LogP contribution in [0.1, 0.15) is 309 Å². The van der Waals surface area contributed by atoms with Gasteiger partial charge in [-0.2, -0.15) is 0 Å². The number of carbonyl (C=O) groups excluding carboxylic acids is 1. The fourth-order valence-electron chi connectivity index (χ4n) is 9.43. The van der Waals surface area contributed by atoms with E-state index in [1.165, 1.54) is 244 Å². The molecule has 0 spiro atoms. The van der Waals surface area contributed by atoms with E-state index in [0.717, 1.165) is 44.9 Å². The minimum atomic E-state index is -4.36. The van der Waals surface area contributed by atoms with Crippen LogP contribution in [0.25, 0.3) is 0 Å². The molecule has 0 heterocycles. The van der Waals surface area contributed by atoms with E-state index in [-0.39, 0.29) is 19.1 Å². The minimum absolute atomic E-state index is 0.0551. The molecule has 0 fully saturated rings. The highest BCUT2D eigenvalue weighted by atomic mass is 31.2. The molecule has 0 aliphatic heterocycles. The van der Waals surface area contributed by atoms with E-state index in [0.29, 0.717) is 17.4 Å². The molecule has 8 nitrogen and oxygen atoms in total. The van der Waals surface area contributed by atoms with Gasteiger partial charge in [-0.3, -0.25) is 13.8 Å². The van der Waals surface area contributed by atoms with Crippen molar-refractivity contribution < 1.29 is 32.9 Å². The molecule has 0 aliphatic rings. The Morgan fingerprint density at radius 1 is 0.458 bits per heavy atom. The molecular formula is C63H124N2O6P+. The summed E-state index contributed by atoms with van der Waals surface area (Å²) in [6.45, 7) is 4.81. The lowest BCUT2D eigenvalue weighted by Crippen LogP contribution is -2.45. The molecule has 0 aromatic heterocycles. The van der Waals surface area contributed by atoms with Crippen LogP contribution in [0.3, 0.4) is 0 Å². The van der Waals surface area contributed by atoms with E-state index >= 15 is 0 Å². The van der Waals surface area contributed by atoms with Gasteiger partial charge in [0.2, 0.25) is 5.91 Å². The number of aliphatic hydroxyl groups excluding tert-OH is 1. The topological polar surface area (TPSA) is 105 Å². The van der Waals surface area contributed by atoms with Gasteiger partial charge in [0.15, 0.2) is 0 Å². The summed E-state index contributed by atoms with van der Waals surface area (Å²) in [5, 5.41) is 13.9. The number of rotatable bonds is 58. The van der Waals surface area contributed by atoms with Crippen molar-refractivity contribution >= 4 is 13.7 Å². The number of quaternary nitrogens is 1. The molecule has 9 heteroatoms. The second kappa shape index (κ2) is 54.5. The van der Waals surface area contributed by atoms with Gasteiger partial charge in [-0.1, -0.05) is 294 Å². The Bertz CT molecular complexity index is 1270. The van der Waals surface area contributed by atoms with Crippen LogP contribution in [0, 0.1) is 0 Å². The number of hydrogen-bond donors (Lipinski definition) is 3. The minimum Gasteiger partial charge on any atom is -0.387 e. The summed E-state index contributed by atoms with van der Waals surface area (Å²) >= 11 is 0. The lowest BCUT2D eigenvalue weighted by Gasteiger charge is -2.25. The zero-order valence-corrected chi connectivity index (χ0v) is 49.6. The maximum absolute atomic E-state index is 13.0. The van der Waals surface area contributed by atoms with E-state index < -0.39 is 20.0 Å². The Kier molecular flexibility index (Phi) is 53.5. The number of aliphatic hydroxyl groups is 1. The first-order valence-electron chi connectivity index (χ1n) is 31.4. The van der Waals surface area contributed by atoms with Crippen LogP contribution < -0.4 is 5.32 Å². The summed E-state index contributed by atoms with van der Waals surface area (Å²) in [4.78, 5) is 23.3. The quantitative estimate of drug-likeness (QED) is 0.0243. The number of amides is 1. The van der Waals surface area contributed by atoms with E-state index in [1.54, 1.807) is 6.08 Å². The number of nitrogens with one attached hydrogen (secondary N) is 1. The van der Waals surface area contributed by atoms with Crippen LogP contribution in [0.5, 0.6) is 0 Å². The maximum atomic E-state index is 13.0. The average Bonchev–Trinajstić information content (AvgIpc) is 3.34. The van der Waals surface area contributed by atoms with Gasteiger partial charge in [-0.05, 0) is 44.9 Å². The third-order valence-corrected chi connectivity index (χ3v) is 15.3. The molecule has 0 saturated heterocycles. The molecule has 0 rings (SSSR count). The van der Waals surface area contributed by atoms with Gasteiger partial charge in [0.1, 0.15) is 13.2 Å². The van der Waals surface area contributed by atoms with Crippen molar-refractivity contribution in [2.24, 2.45) is 0 Å². The average molecular weight is 1040 g/mol. The number of nitrogens with zero attached hydrogens (tertiary/aromatic N) is 1. The van der Waals surface area contributed by atoms with Gasteiger partial charge in [0.25, 0.3) is 0 Å². The highest BCUT2D eigenvalue weighted by Gasteiger charge is 2.27. The first-order valence-corrected chi connectivity index (χ1v) is 32.9. The van der Waals surface area contributed by atoms with E-state index in [2.05, 4.69) is 43.5 Å². The molecule has 3 atom stereocenters. The third-order valence-electron chi connectivity index (χ3n) is 14.3. The van der Waals surface area contributed by atoms with E-state index in [1.807, 2.05) is 27.2 Å². The molecule has 3 unspecified atom stereocenters. The van der Waals surface area contributed by atoms with Crippen LogP contribution in [0.4, 0.5) is 0 Å². The molecule has 0 saturated carbocycles. The Morgan fingerprint density at radius 3 is 1.11 bits per heavy atom. The van der Waals surface area contributed by atoms with Gasteiger partial charge >= 0.3 is 7.82 Å². The monoisotopic (exact) mass is 1040 g/mol. The normalized spacial score (nSPS) is 14.0. The van der Waals surface area contributed by atoms with Gasteiger partial charge in [-0.15, -0.1) is 0 Å². The van der Waals surface area contributed by atoms with Crippen molar-refractivity contribution in [1.82, 2.24) is 5.32 Å². The molecule has 0 aromatic carbocycles. The van der Waals surface area contributed by atoms with Gasteiger partial charge in [0, 0.05) is 6.42 Å². The number of phosphoric ester groups is 1. The SMILES string of the molecule is CCCCCCCC/C=C/CC/C=C/CC/C=C/C(O)C(COP(=O)(O)OCC[N+](C)(C)C)NC(=O)CCCCCCCCCCCCCCCCCCCCCCCCCCCCCCCCCCCC. The number of allylic oxidation sites excluding steroid dienone is 5. The molecular weight excluding hydrogens is 912 g/mol. The predicted octanol–water partition coefficient (Wildman–Crippen LogP) is 19.3. The molecule has 0 aliphatic carbocycles. The first kappa shape index (κ1) is 70.7. The summed E-state index contributed by atoms with van der Waals surface area (Å²) in [6.07, 6.45) is 71.4. The Labute approximate surface area is 448 Å². The Balaban J connectivity index is 4.00. The van der Waals surface area contributed by atoms with Crippen LogP contribution in [-0.4, -0.2) is 73.4 Å². The fourth-order valence-corrected chi connectivity index (χ4v) is 10.2. The van der Waals surface area contributed by atoms with Crippen molar-refractivity contribution in [3.8, 4) is 0 Å². The van der Waals surface area contributed by atoms with Crippen LogP contribution in [-0.2, 0) is 18.4 Å². The second-order valence-corrected chi connectivity index (χ2v) is 24.2. The lowest BCUT2D eigenvalue weighted by molar-refractivity contribution is -0.870. The van der Waals surface area contributed by atoms with Crippen LogP contribution >= 0.6 is 7.82 Å². The lowest BCUT2D eigenvalue weighted by atomic mass is 10.0. The number of likely N-dealkylation sites (N-methyl/N-ethyl adjacent to an activating group) is 1. The Hall–Kier alpha value is -1.28. The fraction of sp³-hybridized carbons (Fsp3) is 0.889. The zero-order valence-electron chi connectivity index (χ0n) is 48.7. The number of carbonyl (C=O) groups is 1. The van der Waals surface area contributed by atoms with E-state index in [4.69, 9.17) is 9.05 Å². The maximum Gasteiger partial charge on any atom is 0.472 e. The summed E-state index contributed by atoms with van der Waals surface area (Å²) in [6, 6.07) is -0.868. The highest BCUT2D eigenvalue weighted by Crippen LogP contribution is 2.43.